The van der Waals surface area contributed by atoms with Crippen molar-refractivity contribution in [3.63, 3.8) is 0 Å². The number of aryl methyl sites for hydroxylation is 1. The van der Waals surface area contributed by atoms with Crippen LogP contribution in [0.5, 0.6) is 11.5 Å². The second-order valence-electron chi connectivity index (χ2n) is 5.94. The molecule has 2 aromatic rings. The summed E-state index contributed by atoms with van der Waals surface area (Å²) in [4.78, 5) is 12.3. The number of rotatable bonds is 8. The van der Waals surface area contributed by atoms with Crippen molar-refractivity contribution >= 4 is 21.6 Å². The third kappa shape index (κ3) is 5.13. The largest absolute Gasteiger partial charge is 0.497 e. The van der Waals surface area contributed by atoms with Crippen molar-refractivity contribution < 1.29 is 22.7 Å². The van der Waals surface area contributed by atoms with Gasteiger partial charge in [0.2, 0.25) is 10.0 Å². The molecule has 2 aromatic carbocycles. The maximum Gasteiger partial charge on any atom is 0.251 e. The van der Waals surface area contributed by atoms with E-state index in [0.717, 1.165) is 11.8 Å². The highest BCUT2D eigenvalue weighted by molar-refractivity contribution is 7.92. The Morgan fingerprint density at radius 3 is 2.41 bits per heavy atom. The third-order valence-corrected chi connectivity index (χ3v) is 5.23. The van der Waals surface area contributed by atoms with Gasteiger partial charge in [0, 0.05) is 18.2 Å². The van der Waals surface area contributed by atoms with Crippen LogP contribution in [-0.2, 0) is 10.0 Å². The smallest absolute Gasteiger partial charge is 0.251 e. The lowest BCUT2D eigenvalue weighted by Gasteiger charge is -2.25. The highest BCUT2D eigenvalue weighted by Gasteiger charge is 2.22. The maximum absolute atomic E-state index is 12.3. The van der Waals surface area contributed by atoms with Gasteiger partial charge in [-0.2, -0.15) is 0 Å². The SMILES string of the molecule is COc1ccc(OC)c(N(CCNC(=O)c2ccccc2C)S(C)(=O)=O)c1. The molecular formula is C19H24N2O5S. The molecule has 0 heterocycles. The van der Waals surface area contributed by atoms with Crippen molar-refractivity contribution in [3.8, 4) is 11.5 Å². The molecule has 0 atom stereocenters. The quantitative estimate of drug-likeness (QED) is 0.745. The molecule has 27 heavy (non-hydrogen) atoms. The fourth-order valence-electron chi connectivity index (χ4n) is 2.65. The number of amides is 1. The standard InChI is InChI=1S/C19H24N2O5S/c1-14-7-5-6-8-16(14)19(22)20-11-12-21(27(4,23)24)17-13-15(25-2)9-10-18(17)26-3/h5-10,13H,11-12H2,1-4H3,(H,20,22). The summed E-state index contributed by atoms with van der Waals surface area (Å²) < 4.78 is 36.3. The molecule has 146 valence electrons. The number of carbonyl (C=O) groups is 1. The highest BCUT2D eigenvalue weighted by Crippen LogP contribution is 2.33. The van der Waals surface area contributed by atoms with E-state index in [0.29, 0.717) is 22.7 Å². The van der Waals surface area contributed by atoms with Gasteiger partial charge in [-0.25, -0.2) is 8.42 Å². The molecule has 0 spiro atoms. The van der Waals surface area contributed by atoms with Crippen molar-refractivity contribution in [1.29, 1.82) is 0 Å². The number of carbonyl (C=O) groups excluding carboxylic acids is 1. The van der Waals surface area contributed by atoms with Crippen LogP contribution >= 0.6 is 0 Å². The van der Waals surface area contributed by atoms with Gasteiger partial charge in [0.1, 0.15) is 11.5 Å². The van der Waals surface area contributed by atoms with Gasteiger partial charge in [0.15, 0.2) is 0 Å². The Labute approximate surface area is 160 Å². The first-order valence-corrected chi connectivity index (χ1v) is 10.2. The topological polar surface area (TPSA) is 84.9 Å². The predicted molar refractivity (Wildman–Crippen MR) is 105 cm³/mol. The van der Waals surface area contributed by atoms with Gasteiger partial charge in [-0.05, 0) is 30.7 Å². The monoisotopic (exact) mass is 392 g/mol. The number of hydrogen-bond donors (Lipinski definition) is 1. The van der Waals surface area contributed by atoms with E-state index in [9.17, 15) is 13.2 Å². The number of sulfonamides is 1. The normalized spacial score (nSPS) is 11.0. The molecule has 0 aromatic heterocycles. The van der Waals surface area contributed by atoms with Gasteiger partial charge < -0.3 is 14.8 Å². The minimum absolute atomic E-state index is 0.0555. The van der Waals surface area contributed by atoms with E-state index in [1.807, 2.05) is 19.1 Å². The van der Waals surface area contributed by atoms with Crippen LogP contribution in [0.2, 0.25) is 0 Å². The Morgan fingerprint density at radius 2 is 1.81 bits per heavy atom. The Hall–Kier alpha value is -2.74. The van der Waals surface area contributed by atoms with Crippen molar-refractivity contribution in [2.45, 2.75) is 6.92 Å². The van der Waals surface area contributed by atoms with Crippen LogP contribution in [-0.4, -0.2) is 47.9 Å². The Balaban J connectivity index is 2.20. The van der Waals surface area contributed by atoms with Gasteiger partial charge in [-0.1, -0.05) is 18.2 Å². The maximum atomic E-state index is 12.3. The lowest BCUT2D eigenvalue weighted by Crippen LogP contribution is -2.38. The van der Waals surface area contributed by atoms with Crippen LogP contribution in [0, 0.1) is 6.92 Å². The average molecular weight is 392 g/mol. The summed E-state index contributed by atoms with van der Waals surface area (Å²) in [6, 6.07) is 12.1. The molecule has 0 radical (unpaired) electrons. The van der Waals surface area contributed by atoms with E-state index in [4.69, 9.17) is 9.47 Å². The summed E-state index contributed by atoms with van der Waals surface area (Å²) in [5, 5.41) is 2.76. The van der Waals surface area contributed by atoms with Crippen molar-refractivity contribution in [1.82, 2.24) is 5.32 Å². The number of nitrogens with one attached hydrogen (secondary N) is 1. The number of benzene rings is 2. The summed E-state index contributed by atoms with van der Waals surface area (Å²) in [7, 11) is -0.637. The first-order valence-electron chi connectivity index (χ1n) is 8.31. The highest BCUT2D eigenvalue weighted by atomic mass is 32.2. The van der Waals surface area contributed by atoms with Crippen molar-refractivity contribution in [3.05, 3.63) is 53.6 Å². The van der Waals surface area contributed by atoms with E-state index < -0.39 is 10.0 Å². The number of ether oxygens (including phenoxy) is 2. The van der Waals surface area contributed by atoms with Crippen LogP contribution in [0.4, 0.5) is 5.69 Å². The van der Waals surface area contributed by atoms with Crippen LogP contribution in [0.15, 0.2) is 42.5 Å². The zero-order valence-corrected chi connectivity index (χ0v) is 16.7. The predicted octanol–water partition coefficient (Wildman–Crippen LogP) is 2.21. The fraction of sp³-hybridized carbons (Fsp3) is 0.316. The van der Waals surface area contributed by atoms with Crippen molar-refractivity contribution in [2.24, 2.45) is 0 Å². The van der Waals surface area contributed by atoms with E-state index in [1.165, 1.54) is 18.5 Å². The molecule has 8 heteroatoms. The number of hydrogen-bond acceptors (Lipinski definition) is 5. The minimum Gasteiger partial charge on any atom is -0.497 e. The molecule has 0 aliphatic rings. The Bertz CT molecular complexity index is 912. The molecule has 0 unspecified atom stereocenters. The van der Waals surface area contributed by atoms with Gasteiger partial charge in [-0.3, -0.25) is 9.10 Å². The van der Waals surface area contributed by atoms with Crippen LogP contribution in [0.3, 0.4) is 0 Å². The number of anilines is 1. The second kappa shape index (κ2) is 8.77. The lowest BCUT2D eigenvalue weighted by molar-refractivity contribution is 0.0954. The molecule has 2 rings (SSSR count). The summed E-state index contributed by atoms with van der Waals surface area (Å²) in [6.45, 7) is 2.04. The molecule has 0 fully saturated rings. The lowest BCUT2D eigenvalue weighted by atomic mass is 10.1. The van der Waals surface area contributed by atoms with E-state index in [-0.39, 0.29) is 19.0 Å². The van der Waals surface area contributed by atoms with Crippen LogP contribution in [0.25, 0.3) is 0 Å². The first-order chi connectivity index (χ1) is 12.8. The molecule has 0 aliphatic heterocycles. The fourth-order valence-corrected chi connectivity index (χ4v) is 3.57. The summed E-state index contributed by atoms with van der Waals surface area (Å²) >= 11 is 0. The molecular weight excluding hydrogens is 368 g/mol. The molecule has 1 N–H and O–H groups in total. The molecule has 0 saturated heterocycles. The molecule has 0 bridgehead atoms. The Kier molecular flexibility index (Phi) is 6.68. The second-order valence-corrected chi connectivity index (χ2v) is 7.85. The molecule has 0 aliphatic carbocycles. The van der Waals surface area contributed by atoms with Gasteiger partial charge in [0.05, 0.1) is 32.7 Å². The summed E-state index contributed by atoms with van der Waals surface area (Å²) in [6.07, 6.45) is 1.11. The molecule has 7 nitrogen and oxygen atoms in total. The van der Waals surface area contributed by atoms with Gasteiger partial charge in [0.25, 0.3) is 5.91 Å². The first kappa shape index (κ1) is 20.6. The number of nitrogens with zero attached hydrogens (tertiary/aromatic N) is 1. The van der Waals surface area contributed by atoms with Gasteiger partial charge in [-0.15, -0.1) is 0 Å². The van der Waals surface area contributed by atoms with E-state index in [2.05, 4.69) is 5.32 Å². The molecule has 1 amide bonds. The van der Waals surface area contributed by atoms with Gasteiger partial charge >= 0.3 is 0 Å². The third-order valence-electron chi connectivity index (χ3n) is 4.05. The van der Waals surface area contributed by atoms with E-state index >= 15 is 0 Å². The Morgan fingerprint density at radius 1 is 1.11 bits per heavy atom. The molecule has 0 saturated carbocycles. The summed E-state index contributed by atoms with van der Waals surface area (Å²) in [5.41, 5.74) is 1.76. The zero-order chi connectivity index (χ0) is 20.0. The van der Waals surface area contributed by atoms with Crippen molar-refractivity contribution in [2.75, 3.05) is 37.9 Å². The average Bonchev–Trinajstić information content (AvgIpc) is 2.64. The zero-order valence-electron chi connectivity index (χ0n) is 15.9. The minimum atomic E-state index is -3.60. The summed E-state index contributed by atoms with van der Waals surface area (Å²) in [5.74, 6) is 0.647. The van der Waals surface area contributed by atoms with Crippen LogP contribution in [0.1, 0.15) is 15.9 Å². The van der Waals surface area contributed by atoms with E-state index in [1.54, 1.807) is 30.3 Å². The number of methoxy groups -OCH3 is 2. The van der Waals surface area contributed by atoms with Crippen LogP contribution < -0.4 is 19.1 Å².